The summed E-state index contributed by atoms with van der Waals surface area (Å²) in [6.45, 7) is 0. The van der Waals surface area contributed by atoms with E-state index in [0.717, 1.165) is 33.1 Å². The second-order valence-electron chi connectivity index (χ2n) is 13.2. The average Bonchev–Trinajstić information content (AvgIpc) is 3.78. The molecule has 11 rings (SSSR count). The Bertz CT molecular complexity index is 3160. The van der Waals surface area contributed by atoms with E-state index in [1.54, 1.807) is 0 Å². The monoisotopic (exact) mass is 680 g/mol. The minimum atomic E-state index is 0.593. The largest absolute Gasteiger partial charge is 0.277 e. The summed E-state index contributed by atoms with van der Waals surface area (Å²) in [5.74, 6) is 1.86. The maximum atomic E-state index is 5.33. The molecule has 3 heterocycles. The first-order valence-electron chi connectivity index (χ1n) is 17.5. The molecular weight excluding hydrogens is 653 g/mol. The third-order valence-electron chi connectivity index (χ3n) is 10.2. The number of hydrogen-bond donors (Lipinski definition) is 0. The molecule has 0 amide bonds. The Morgan fingerprint density at radius 3 is 1.58 bits per heavy atom. The lowest BCUT2D eigenvalue weighted by molar-refractivity contribution is 0.955. The van der Waals surface area contributed by atoms with Crippen molar-refractivity contribution in [3.05, 3.63) is 170 Å². The minimum Gasteiger partial charge on any atom is -0.277 e. The topological polar surface area (TPSA) is 43.6 Å². The zero-order valence-corrected chi connectivity index (χ0v) is 28.7. The molecule has 8 aromatic carbocycles. The van der Waals surface area contributed by atoms with Crippen molar-refractivity contribution in [3.8, 4) is 39.9 Å². The van der Waals surface area contributed by atoms with E-state index in [4.69, 9.17) is 15.0 Å². The van der Waals surface area contributed by atoms with Gasteiger partial charge in [0.25, 0.3) is 0 Å². The van der Waals surface area contributed by atoms with Crippen molar-refractivity contribution >= 4 is 74.9 Å². The van der Waals surface area contributed by atoms with Crippen molar-refractivity contribution in [1.82, 2.24) is 19.5 Å². The van der Waals surface area contributed by atoms with Gasteiger partial charge in [-0.25, -0.2) is 4.98 Å². The van der Waals surface area contributed by atoms with E-state index in [-0.39, 0.29) is 0 Å². The minimum absolute atomic E-state index is 0.593. The number of nitrogens with zero attached hydrogens (tertiary/aromatic N) is 4. The molecule has 0 fully saturated rings. The number of thiophene rings is 1. The lowest BCUT2D eigenvalue weighted by Gasteiger charge is -2.13. The summed E-state index contributed by atoms with van der Waals surface area (Å²) in [7, 11) is 0. The van der Waals surface area contributed by atoms with Gasteiger partial charge in [-0.2, -0.15) is 9.97 Å². The van der Waals surface area contributed by atoms with Crippen LogP contribution in [0, 0.1) is 0 Å². The first-order chi connectivity index (χ1) is 25.8. The third-order valence-corrected chi connectivity index (χ3v) is 11.4. The fourth-order valence-electron chi connectivity index (χ4n) is 7.93. The molecular formula is C47H28N4S. The third kappa shape index (κ3) is 4.36. The molecule has 52 heavy (non-hydrogen) atoms. The maximum absolute atomic E-state index is 5.33. The van der Waals surface area contributed by atoms with Crippen LogP contribution in [0.4, 0.5) is 0 Å². The lowest BCUT2D eigenvalue weighted by atomic mass is 9.95. The van der Waals surface area contributed by atoms with Gasteiger partial charge in [-0.3, -0.25) is 4.57 Å². The zero-order valence-electron chi connectivity index (χ0n) is 27.9. The molecule has 0 bridgehead atoms. The molecule has 11 aromatic rings. The Hall–Kier alpha value is -6.69. The highest BCUT2D eigenvalue weighted by atomic mass is 32.1. The van der Waals surface area contributed by atoms with Gasteiger partial charge < -0.3 is 0 Å². The highest BCUT2D eigenvalue weighted by Gasteiger charge is 2.24. The van der Waals surface area contributed by atoms with Crippen molar-refractivity contribution in [2.24, 2.45) is 0 Å². The molecule has 0 atom stereocenters. The molecule has 0 aliphatic rings. The van der Waals surface area contributed by atoms with Crippen LogP contribution in [0.15, 0.2) is 170 Å². The Kier molecular flexibility index (Phi) is 6.39. The Morgan fingerprint density at radius 1 is 0.346 bits per heavy atom. The second-order valence-corrected chi connectivity index (χ2v) is 14.3. The standard InChI is InChI=1S/C47H28N4S/c1-3-13-29(14-4-1)30-23-25-32(26-24-30)46-48-45(31-15-5-2-6-16-31)49-47(50-46)51-38-27-28-40-41(37-21-11-12-22-39(37)52-40)43(38)42-35-19-9-7-17-33(35)34-18-8-10-20-36(34)44(42)51/h1-28H. The summed E-state index contributed by atoms with van der Waals surface area (Å²) in [4.78, 5) is 15.7. The fraction of sp³-hybridized carbons (Fsp3) is 0. The molecule has 0 saturated carbocycles. The van der Waals surface area contributed by atoms with Gasteiger partial charge in [0.05, 0.1) is 11.0 Å². The van der Waals surface area contributed by atoms with E-state index < -0.39 is 0 Å². The van der Waals surface area contributed by atoms with Gasteiger partial charge in [0.15, 0.2) is 11.6 Å². The first-order valence-corrected chi connectivity index (χ1v) is 18.3. The summed E-state index contributed by atoms with van der Waals surface area (Å²) in [6, 6.07) is 60.0. The molecule has 5 heteroatoms. The van der Waals surface area contributed by atoms with Crippen molar-refractivity contribution in [2.45, 2.75) is 0 Å². The van der Waals surface area contributed by atoms with Gasteiger partial charge in [-0.05, 0) is 45.5 Å². The van der Waals surface area contributed by atoms with E-state index in [1.807, 2.05) is 35.6 Å². The first kappa shape index (κ1) is 29.1. The van der Waals surface area contributed by atoms with Crippen LogP contribution in [-0.4, -0.2) is 19.5 Å². The molecule has 0 N–H and O–H groups in total. The molecule has 242 valence electrons. The quantitative estimate of drug-likeness (QED) is 0.174. The Labute approximate surface area is 302 Å². The van der Waals surface area contributed by atoms with Crippen LogP contribution in [0.1, 0.15) is 0 Å². The van der Waals surface area contributed by atoms with Gasteiger partial charge in [0.2, 0.25) is 5.95 Å². The van der Waals surface area contributed by atoms with Crippen LogP contribution in [0.2, 0.25) is 0 Å². The van der Waals surface area contributed by atoms with Crippen molar-refractivity contribution in [3.63, 3.8) is 0 Å². The summed E-state index contributed by atoms with van der Waals surface area (Å²) in [6.07, 6.45) is 0. The Balaban J connectivity index is 1.29. The molecule has 0 spiro atoms. The van der Waals surface area contributed by atoms with Crippen LogP contribution >= 0.6 is 11.3 Å². The Morgan fingerprint density at radius 2 is 0.865 bits per heavy atom. The molecule has 0 unspecified atom stereocenters. The summed E-state index contributed by atoms with van der Waals surface area (Å²) < 4.78 is 4.84. The average molecular weight is 681 g/mol. The second kappa shape index (κ2) is 11.4. The van der Waals surface area contributed by atoms with Crippen LogP contribution in [0.3, 0.4) is 0 Å². The molecule has 3 aromatic heterocycles. The van der Waals surface area contributed by atoms with Crippen molar-refractivity contribution < 1.29 is 0 Å². The predicted molar refractivity (Wildman–Crippen MR) is 218 cm³/mol. The van der Waals surface area contributed by atoms with Gasteiger partial charge >= 0.3 is 0 Å². The van der Waals surface area contributed by atoms with E-state index in [0.29, 0.717) is 17.6 Å². The highest BCUT2D eigenvalue weighted by molar-refractivity contribution is 7.26. The van der Waals surface area contributed by atoms with Crippen molar-refractivity contribution in [1.29, 1.82) is 0 Å². The summed E-state index contributed by atoms with van der Waals surface area (Å²) in [5.41, 5.74) is 6.37. The molecule has 0 saturated heterocycles. The van der Waals surface area contributed by atoms with E-state index in [2.05, 4.69) is 150 Å². The van der Waals surface area contributed by atoms with E-state index >= 15 is 0 Å². The van der Waals surface area contributed by atoms with Gasteiger partial charge in [-0.15, -0.1) is 11.3 Å². The van der Waals surface area contributed by atoms with Gasteiger partial charge in [0.1, 0.15) is 0 Å². The van der Waals surface area contributed by atoms with E-state index in [1.165, 1.54) is 52.7 Å². The highest BCUT2D eigenvalue weighted by Crippen LogP contribution is 2.47. The van der Waals surface area contributed by atoms with Gasteiger partial charge in [0, 0.05) is 47.5 Å². The summed E-state index contributed by atoms with van der Waals surface area (Å²) in [5, 5.41) is 9.81. The van der Waals surface area contributed by atoms with E-state index in [9.17, 15) is 0 Å². The number of rotatable bonds is 4. The normalized spacial score (nSPS) is 11.8. The molecule has 0 radical (unpaired) electrons. The number of aromatic nitrogens is 4. The summed E-state index contributed by atoms with van der Waals surface area (Å²) >= 11 is 1.85. The lowest BCUT2D eigenvalue weighted by Crippen LogP contribution is -2.06. The molecule has 4 nitrogen and oxygen atoms in total. The van der Waals surface area contributed by atoms with Crippen LogP contribution in [0.5, 0.6) is 0 Å². The molecule has 0 aliphatic carbocycles. The van der Waals surface area contributed by atoms with Crippen LogP contribution < -0.4 is 0 Å². The van der Waals surface area contributed by atoms with Crippen molar-refractivity contribution in [2.75, 3.05) is 0 Å². The smallest absolute Gasteiger partial charge is 0.238 e. The number of benzene rings is 8. The number of fused-ring (bicyclic) bond motifs is 12. The van der Waals surface area contributed by atoms with Gasteiger partial charge in [-0.1, -0.05) is 152 Å². The fourth-order valence-corrected chi connectivity index (χ4v) is 9.05. The SMILES string of the molecule is c1ccc(-c2ccc(-c3nc(-c4ccccc4)nc(-n4c5ccc6sc7ccccc7c6c5c5c6ccccc6c6ccccc6c54)n3)cc2)cc1. The number of hydrogen-bond acceptors (Lipinski definition) is 4. The van der Waals surface area contributed by atoms with Crippen LogP contribution in [0.25, 0.3) is 103 Å². The molecule has 0 aliphatic heterocycles. The van der Waals surface area contributed by atoms with Crippen LogP contribution in [-0.2, 0) is 0 Å². The predicted octanol–water partition coefficient (Wildman–Crippen LogP) is 12.6. The maximum Gasteiger partial charge on any atom is 0.238 e. The zero-order chi connectivity index (χ0) is 34.2.